The van der Waals surface area contributed by atoms with Crippen molar-refractivity contribution >= 4 is 21.6 Å². The average molecular weight is 421 g/mol. The molecule has 29 heavy (non-hydrogen) atoms. The minimum Gasteiger partial charge on any atom is -0.497 e. The van der Waals surface area contributed by atoms with Crippen molar-refractivity contribution in [3.05, 3.63) is 54.3 Å². The predicted molar refractivity (Wildman–Crippen MR) is 109 cm³/mol. The molecule has 1 unspecified atom stereocenters. The Morgan fingerprint density at radius 1 is 1.24 bits per heavy atom. The van der Waals surface area contributed by atoms with Crippen molar-refractivity contribution < 1.29 is 22.3 Å². The minimum absolute atomic E-state index is 0.0929. The maximum absolute atomic E-state index is 13.1. The number of ether oxygens (including phenoxy) is 1. The number of rotatable bonds is 7. The van der Waals surface area contributed by atoms with Crippen molar-refractivity contribution in [3.63, 3.8) is 0 Å². The van der Waals surface area contributed by atoms with E-state index < -0.39 is 15.8 Å². The molecule has 2 aromatic carbocycles. The van der Waals surface area contributed by atoms with Crippen LogP contribution in [0.4, 0.5) is 10.1 Å². The van der Waals surface area contributed by atoms with Gasteiger partial charge < -0.3 is 10.1 Å². The molecular weight excluding hydrogens is 395 g/mol. The summed E-state index contributed by atoms with van der Waals surface area (Å²) in [6.07, 6.45) is 2.53. The van der Waals surface area contributed by atoms with Crippen LogP contribution in [0.2, 0.25) is 0 Å². The molecule has 3 rings (SSSR count). The first-order valence-electron chi connectivity index (χ1n) is 9.58. The van der Waals surface area contributed by atoms with Crippen LogP contribution in [0.3, 0.4) is 0 Å². The lowest BCUT2D eigenvalue weighted by Gasteiger charge is -2.32. The fourth-order valence-electron chi connectivity index (χ4n) is 3.50. The molecule has 1 aliphatic heterocycles. The van der Waals surface area contributed by atoms with E-state index >= 15 is 0 Å². The summed E-state index contributed by atoms with van der Waals surface area (Å²) in [6.45, 7) is 0.804. The topological polar surface area (TPSA) is 75.7 Å². The number of nitrogens with one attached hydrogen (secondary N) is 1. The lowest BCUT2D eigenvalue weighted by atomic mass is 9.94. The van der Waals surface area contributed by atoms with Gasteiger partial charge in [0.2, 0.25) is 15.9 Å². The number of carbonyl (C=O) groups is 1. The predicted octanol–water partition coefficient (Wildman–Crippen LogP) is 3.65. The maximum atomic E-state index is 13.1. The van der Waals surface area contributed by atoms with Crippen LogP contribution in [-0.4, -0.2) is 38.8 Å². The van der Waals surface area contributed by atoms with Gasteiger partial charge in [-0.25, -0.2) is 12.8 Å². The molecule has 0 aliphatic carbocycles. The van der Waals surface area contributed by atoms with Gasteiger partial charge in [0.15, 0.2) is 0 Å². The second kappa shape index (κ2) is 9.37. The third-order valence-corrected chi connectivity index (χ3v) is 6.95. The molecular formula is C21H25FN2O4S. The third-order valence-electron chi connectivity index (χ3n) is 5.07. The number of benzene rings is 2. The van der Waals surface area contributed by atoms with Gasteiger partial charge in [-0.2, -0.15) is 4.31 Å². The molecule has 0 bridgehead atoms. The van der Waals surface area contributed by atoms with E-state index in [9.17, 15) is 17.6 Å². The molecule has 1 aliphatic rings. The molecule has 1 fully saturated rings. The summed E-state index contributed by atoms with van der Waals surface area (Å²) in [6, 6.07) is 12.0. The normalized spacial score (nSPS) is 17.7. The first-order chi connectivity index (χ1) is 13.9. The van der Waals surface area contributed by atoms with Gasteiger partial charge in [0, 0.05) is 31.3 Å². The molecule has 6 nitrogen and oxygen atoms in total. The highest BCUT2D eigenvalue weighted by Crippen LogP contribution is 2.26. The average Bonchev–Trinajstić information content (AvgIpc) is 2.73. The fraction of sp³-hybridized carbons (Fsp3) is 0.381. The van der Waals surface area contributed by atoms with Gasteiger partial charge in [0.1, 0.15) is 11.6 Å². The number of hydrogen-bond donors (Lipinski definition) is 1. The summed E-state index contributed by atoms with van der Waals surface area (Å²) < 4.78 is 45.3. The number of piperidine rings is 1. The molecule has 1 N–H and O–H groups in total. The van der Waals surface area contributed by atoms with Crippen molar-refractivity contribution in [2.24, 2.45) is 5.92 Å². The van der Waals surface area contributed by atoms with E-state index in [4.69, 9.17) is 4.74 Å². The first-order valence-corrected chi connectivity index (χ1v) is 11.0. The van der Waals surface area contributed by atoms with Gasteiger partial charge in [-0.3, -0.25) is 4.79 Å². The minimum atomic E-state index is -3.65. The monoisotopic (exact) mass is 420 g/mol. The first kappa shape index (κ1) is 21.3. The van der Waals surface area contributed by atoms with Gasteiger partial charge in [0.25, 0.3) is 0 Å². The zero-order valence-electron chi connectivity index (χ0n) is 16.3. The molecule has 0 saturated carbocycles. The van der Waals surface area contributed by atoms with Crippen molar-refractivity contribution in [3.8, 4) is 5.75 Å². The number of carbonyl (C=O) groups excluding carboxylic acids is 1. The Balaban J connectivity index is 1.55. The van der Waals surface area contributed by atoms with Crippen LogP contribution >= 0.6 is 0 Å². The molecule has 1 heterocycles. The summed E-state index contributed by atoms with van der Waals surface area (Å²) in [5.41, 5.74) is 0.665. The highest BCUT2D eigenvalue weighted by atomic mass is 32.2. The molecule has 0 radical (unpaired) electrons. The van der Waals surface area contributed by atoms with E-state index in [1.165, 1.54) is 16.4 Å². The lowest BCUT2D eigenvalue weighted by Crippen LogP contribution is -2.40. The Kier molecular flexibility index (Phi) is 6.87. The SMILES string of the molecule is COc1cccc(NC(=O)CCC2CCCN(S(=O)(=O)c3ccc(F)cc3)C2)c1. The fourth-order valence-corrected chi connectivity index (χ4v) is 5.05. The number of halogens is 1. The number of hydrogen-bond acceptors (Lipinski definition) is 4. The Bertz CT molecular complexity index is 947. The van der Waals surface area contributed by atoms with E-state index in [0.717, 1.165) is 25.0 Å². The van der Waals surface area contributed by atoms with E-state index in [-0.39, 0.29) is 16.7 Å². The Morgan fingerprint density at radius 3 is 2.72 bits per heavy atom. The highest BCUT2D eigenvalue weighted by molar-refractivity contribution is 7.89. The van der Waals surface area contributed by atoms with Crippen LogP contribution in [0.25, 0.3) is 0 Å². The van der Waals surface area contributed by atoms with Crippen LogP contribution in [0.1, 0.15) is 25.7 Å². The van der Waals surface area contributed by atoms with Gasteiger partial charge in [0.05, 0.1) is 12.0 Å². The molecule has 1 saturated heterocycles. The summed E-state index contributed by atoms with van der Waals surface area (Å²) in [5.74, 6) is 0.186. The second-order valence-electron chi connectivity index (χ2n) is 7.14. The van der Waals surface area contributed by atoms with Crippen LogP contribution in [0.5, 0.6) is 5.75 Å². The molecule has 0 spiro atoms. The molecule has 0 aromatic heterocycles. The van der Waals surface area contributed by atoms with Gasteiger partial charge in [-0.1, -0.05) is 6.07 Å². The number of nitrogens with zero attached hydrogens (tertiary/aromatic N) is 1. The van der Waals surface area contributed by atoms with E-state index in [0.29, 0.717) is 37.4 Å². The third kappa shape index (κ3) is 5.55. The molecule has 1 atom stereocenters. The van der Waals surface area contributed by atoms with Crippen molar-refractivity contribution in [1.29, 1.82) is 0 Å². The molecule has 8 heteroatoms. The summed E-state index contributed by atoms with van der Waals surface area (Å²) in [5, 5.41) is 2.84. The molecule has 2 aromatic rings. The van der Waals surface area contributed by atoms with Gasteiger partial charge >= 0.3 is 0 Å². The van der Waals surface area contributed by atoms with E-state index in [1.54, 1.807) is 31.4 Å². The zero-order chi connectivity index (χ0) is 20.9. The Labute approximate surface area is 170 Å². The summed E-state index contributed by atoms with van der Waals surface area (Å²) in [4.78, 5) is 12.4. The number of sulfonamides is 1. The Hall–Kier alpha value is -2.45. The van der Waals surface area contributed by atoms with Crippen LogP contribution in [0.15, 0.2) is 53.4 Å². The van der Waals surface area contributed by atoms with E-state index in [2.05, 4.69) is 5.32 Å². The highest BCUT2D eigenvalue weighted by Gasteiger charge is 2.30. The zero-order valence-corrected chi connectivity index (χ0v) is 17.1. The van der Waals surface area contributed by atoms with Crippen LogP contribution in [-0.2, 0) is 14.8 Å². The van der Waals surface area contributed by atoms with Crippen molar-refractivity contribution in [2.45, 2.75) is 30.6 Å². The molecule has 1 amide bonds. The number of anilines is 1. The Morgan fingerprint density at radius 2 is 2.00 bits per heavy atom. The number of amides is 1. The van der Waals surface area contributed by atoms with Crippen molar-refractivity contribution in [2.75, 3.05) is 25.5 Å². The van der Waals surface area contributed by atoms with Crippen LogP contribution < -0.4 is 10.1 Å². The van der Waals surface area contributed by atoms with Crippen LogP contribution in [0, 0.1) is 11.7 Å². The van der Waals surface area contributed by atoms with Gasteiger partial charge in [-0.15, -0.1) is 0 Å². The smallest absolute Gasteiger partial charge is 0.243 e. The largest absolute Gasteiger partial charge is 0.497 e. The molecule has 156 valence electrons. The maximum Gasteiger partial charge on any atom is 0.243 e. The second-order valence-corrected chi connectivity index (χ2v) is 9.08. The van der Waals surface area contributed by atoms with Crippen molar-refractivity contribution in [1.82, 2.24) is 4.31 Å². The number of methoxy groups -OCH3 is 1. The van der Waals surface area contributed by atoms with E-state index in [1.807, 2.05) is 0 Å². The summed E-state index contributed by atoms with van der Waals surface area (Å²) >= 11 is 0. The standard InChI is InChI=1S/C21H25FN2O4S/c1-28-19-6-2-5-18(14-19)23-21(25)12-7-16-4-3-13-24(15-16)29(26,27)20-10-8-17(22)9-11-20/h2,5-6,8-11,14,16H,3-4,7,12-13,15H2,1H3,(H,23,25). The quantitative estimate of drug-likeness (QED) is 0.742. The van der Waals surface area contributed by atoms with Gasteiger partial charge in [-0.05, 0) is 61.6 Å². The summed E-state index contributed by atoms with van der Waals surface area (Å²) in [7, 11) is -2.09. The lowest BCUT2D eigenvalue weighted by molar-refractivity contribution is -0.116.